The monoisotopic (exact) mass is 374 g/mol. The molecule has 0 aromatic heterocycles. The lowest BCUT2D eigenvalue weighted by Crippen LogP contribution is -2.13. The van der Waals surface area contributed by atoms with Gasteiger partial charge >= 0.3 is 16.1 Å². The minimum Gasteiger partial charge on any atom is -0.465 e. The van der Waals surface area contributed by atoms with Gasteiger partial charge in [0.1, 0.15) is 4.90 Å². The van der Waals surface area contributed by atoms with E-state index in [0.29, 0.717) is 12.0 Å². The second-order valence-electron chi connectivity index (χ2n) is 6.25. The molecule has 0 heterocycles. The van der Waals surface area contributed by atoms with E-state index in [1.807, 2.05) is 13.8 Å². The van der Waals surface area contributed by atoms with Crippen molar-refractivity contribution in [2.24, 2.45) is 0 Å². The van der Waals surface area contributed by atoms with Gasteiger partial charge in [-0.2, -0.15) is 8.42 Å². The van der Waals surface area contributed by atoms with Gasteiger partial charge in [-0.05, 0) is 48.2 Å². The summed E-state index contributed by atoms with van der Waals surface area (Å²) >= 11 is 0. The Labute approximate surface area is 151 Å². The number of esters is 1. The number of hydrogen-bond donors (Lipinski definition) is 0. The Kier molecular flexibility index (Phi) is 4.58. The first-order chi connectivity index (χ1) is 12.2. The number of ketones is 1. The molecule has 2 aromatic rings. The molecule has 1 aliphatic rings. The maximum absolute atomic E-state index is 12.7. The summed E-state index contributed by atoms with van der Waals surface area (Å²) in [4.78, 5) is 23.7. The minimum absolute atomic E-state index is 0.0171. The Morgan fingerprint density at radius 3 is 2.62 bits per heavy atom. The molecule has 7 heteroatoms. The summed E-state index contributed by atoms with van der Waals surface area (Å²) in [5.74, 6) is -0.748. The number of hydrogen-bond acceptors (Lipinski definition) is 6. The number of carbonyl (C=O) groups is 2. The van der Waals surface area contributed by atoms with Gasteiger partial charge in [0.15, 0.2) is 11.5 Å². The number of carbonyl (C=O) groups excluding carboxylic acids is 2. The van der Waals surface area contributed by atoms with Crippen molar-refractivity contribution in [1.82, 2.24) is 0 Å². The van der Waals surface area contributed by atoms with Gasteiger partial charge in [0.2, 0.25) is 0 Å². The van der Waals surface area contributed by atoms with Crippen molar-refractivity contribution in [2.45, 2.75) is 31.1 Å². The molecule has 0 bridgehead atoms. The quantitative estimate of drug-likeness (QED) is 0.603. The molecule has 1 unspecified atom stereocenters. The van der Waals surface area contributed by atoms with Crippen LogP contribution < -0.4 is 4.18 Å². The lowest BCUT2D eigenvalue weighted by molar-refractivity contribution is 0.0600. The normalized spacial score (nSPS) is 16.3. The number of rotatable bonds is 4. The Morgan fingerprint density at radius 2 is 1.92 bits per heavy atom. The first kappa shape index (κ1) is 18.1. The molecule has 2 aromatic carbocycles. The van der Waals surface area contributed by atoms with Crippen LogP contribution >= 0.6 is 0 Å². The molecule has 0 radical (unpaired) electrons. The van der Waals surface area contributed by atoms with Crippen LogP contribution in [-0.4, -0.2) is 27.3 Å². The number of ether oxygens (including phenoxy) is 1. The van der Waals surface area contributed by atoms with Gasteiger partial charge in [-0.25, -0.2) is 4.79 Å². The topological polar surface area (TPSA) is 86.7 Å². The predicted octanol–water partition coefficient (Wildman–Crippen LogP) is 3.24. The third-order valence-corrected chi connectivity index (χ3v) is 5.66. The molecule has 0 spiro atoms. The summed E-state index contributed by atoms with van der Waals surface area (Å²) in [5, 5.41) is 0. The van der Waals surface area contributed by atoms with Crippen LogP contribution in [0.15, 0.2) is 41.3 Å². The fraction of sp³-hybridized carbons (Fsp3) is 0.263. The van der Waals surface area contributed by atoms with Crippen LogP contribution in [0.3, 0.4) is 0 Å². The van der Waals surface area contributed by atoms with E-state index in [1.165, 1.54) is 37.4 Å². The Bertz CT molecular complexity index is 1010. The van der Waals surface area contributed by atoms with Gasteiger partial charge in [-0.3, -0.25) is 4.79 Å². The standard InChI is InChI=1S/C19H18O6S/c1-11-7-8-16(18-15(20)9-12(2)17(11)18)25-26(22,23)14-6-4-5-13(10-14)19(21)24-3/h4-8,10,12H,9H2,1-3H3. The van der Waals surface area contributed by atoms with Gasteiger partial charge < -0.3 is 8.92 Å². The summed E-state index contributed by atoms with van der Waals surface area (Å²) in [6.45, 7) is 3.81. The van der Waals surface area contributed by atoms with Crippen molar-refractivity contribution in [3.63, 3.8) is 0 Å². The molecule has 26 heavy (non-hydrogen) atoms. The van der Waals surface area contributed by atoms with Crippen molar-refractivity contribution >= 4 is 21.9 Å². The van der Waals surface area contributed by atoms with E-state index in [1.54, 1.807) is 6.07 Å². The highest BCUT2D eigenvalue weighted by molar-refractivity contribution is 7.87. The second kappa shape index (κ2) is 6.57. The van der Waals surface area contributed by atoms with Crippen LogP contribution in [0.2, 0.25) is 0 Å². The summed E-state index contributed by atoms with van der Waals surface area (Å²) in [5.41, 5.74) is 2.17. The molecule has 0 amide bonds. The highest BCUT2D eigenvalue weighted by Gasteiger charge is 2.33. The Balaban J connectivity index is 2.02. The maximum Gasteiger partial charge on any atom is 0.339 e. The lowest BCUT2D eigenvalue weighted by Gasteiger charge is -2.13. The van der Waals surface area contributed by atoms with Crippen molar-refractivity contribution < 1.29 is 26.9 Å². The summed E-state index contributed by atoms with van der Waals surface area (Å²) < 4.78 is 35.2. The number of benzene rings is 2. The first-order valence-corrected chi connectivity index (χ1v) is 9.45. The summed E-state index contributed by atoms with van der Waals surface area (Å²) in [6.07, 6.45) is 0.328. The van der Waals surface area contributed by atoms with E-state index in [-0.39, 0.29) is 27.9 Å². The molecular formula is C19H18O6S. The number of methoxy groups -OCH3 is 1. The van der Waals surface area contributed by atoms with Gasteiger partial charge in [0.05, 0.1) is 18.2 Å². The maximum atomic E-state index is 12.7. The van der Waals surface area contributed by atoms with Gasteiger partial charge in [0, 0.05) is 6.42 Å². The van der Waals surface area contributed by atoms with Crippen LogP contribution in [0.4, 0.5) is 0 Å². The zero-order valence-electron chi connectivity index (χ0n) is 14.6. The second-order valence-corrected chi connectivity index (χ2v) is 7.80. The zero-order chi connectivity index (χ0) is 19.1. The fourth-order valence-electron chi connectivity index (χ4n) is 3.24. The SMILES string of the molecule is COC(=O)c1cccc(S(=O)(=O)Oc2ccc(C)c3c2C(=O)CC3C)c1. The molecule has 1 atom stereocenters. The molecule has 0 N–H and O–H groups in total. The first-order valence-electron chi connectivity index (χ1n) is 8.04. The summed E-state index contributed by atoms with van der Waals surface area (Å²) in [7, 11) is -3.00. The van der Waals surface area contributed by atoms with E-state index >= 15 is 0 Å². The van der Waals surface area contributed by atoms with Crippen LogP contribution in [0, 0.1) is 6.92 Å². The number of fused-ring (bicyclic) bond motifs is 1. The number of Topliss-reactive ketones (excluding diaryl/α,β-unsaturated/α-hetero) is 1. The molecule has 6 nitrogen and oxygen atoms in total. The van der Waals surface area contributed by atoms with Crippen molar-refractivity contribution in [1.29, 1.82) is 0 Å². The van der Waals surface area contributed by atoms with Crippen LogP contribution in [0.25, 0.3) is 0 Å². The largest absolute Gasteiger partial charge is 0.465 e. The van der Waals surface area contributed by atoms with Gasteiger partial charge in [-0.15, -0.1) is 0 Å². The fourth-order valence-corrected chi connectivity index (χ4v) is 4.23. The molecule has 1 aliphatic carbocycles. The molecule has 3 rings (SSSR count). The molecule has 0 aliphatic heterocycles. The Hall–Kier alpha value is -2.67. The third kappa shape index (κ3) is 3.10. The van der Waals surface area contributed by atoms with Crippen LogP contribution in [0.1, 0.15) is 51.1 Å². The summed E-state index contributed by atoms with van der Waals surface area (Å²) in [6, 6.07) is 8.60. The molecular weight excluding hydrogens is 356 g/mol. The van der Waals surface area contributed by atoms with Crippen molar-refractivity contribution in [2.75, 3.05) is 7.11 Å². The predicted molar refractivity (Wildman–Crippen MR) is 94.1 cm³/mol. The smallest absolute Gasteiger partial charge is 0.339 e. The van der Waals surface area contributed by atoms with Crippen molar-refractivity contribution in [3.8, 4) is 5.75 Å². The molecule has 0 fully saturated rings. The van der Waals surface area contributed by atoms with Gasteiger partial charge in [0.25, 0.3) is 0 Å². The Morgan fingerprint density at radius 1 is 1.19 bits per heavy atom. The molecule has 0 saturated carbocycles. The third-order valence-electron chi connectivity index (χ3n) is 4.43. The van der Waals surface area contributed by atoms with E-state index in [0.717, 1.165) is 11.1 Å². The highest BCUT2D eigenvalue weighted by atomic mass is 32.2. The average Bonchev–Trinajstić information content (AvgIpc) is 2.92. The van der Waals surface area contributed by atoms with E-state index in [4.69, 9.17) is 4.18 Å². The number of aryl methyl sites for hydroxylation is 1. The lowest BCUT2D eigenvalue weighted by atomic mass is 9.98. The minimum atomic E-state index is -4.21. The molecule has 0 saturated heterocycles. The highest BCUT2D eigenvalue weighted by Crippen LogP contribution is 2.40. The van der Waals surface area contributed by atoms with Gasteiger partial charge in [-0.1, -0.05) is 19.1 Å². The van der Waals surface area contributed by atoms with Crippen LogP contribution in [-0.2, 0) is 14.9 Å². The molecule has 136 valence electrons. The van der Waals surface area contributed by atoms with Crippen LogP contribution in [0.5, 0.6) is 5.75 Å². The average molecular weight is 374 g/mol. The van der Waals surface area contributed by atoms with Crippen molar-refractivity contribution in [3.05, 3.63) is 58.7 Å². The van der Waals surface area contributed by atoms with E-state index in [2.05, 4.69) is 4.74 Å². The van der Waals surface area contributed by atoms with E-state index in [9.17, 15) is 18.0 Å². The zero-order valence-corrected chi connectivity index (χ0v) is 15.4. The van der Waals surface area contributed by atoms with E-state index < -0.39 is 16.1 Å².